The van der Waals surface area contributed by atoms with Crippen LogP contribution in [0.25, 0.3) is 0 Å². The van der Waals surface area contributed by atoms with Crippen molar-refractivity contribution in [3.63, 3.8) is 0 Å². The Bertz CT molecular complexity index is 528. The minimum atomic E-state index is -1.97. The molecule has 0 aromatic carbocycles. The van der Waals surface area contributed by atoms with Gasteiger partial charge in [-0.1, -0.05) is 0 Å². The summed E-state index contributed by atoms with van der Waals surface area (Å²) in [5, 5.41) is 44.6. The topological polar surface area (TPSA) is 204 Å². The maximum absolute atomic E-state index is 11.1. The SMILES string of the molecule is O=C([O-])C(C(=O)[O-])N1CCOCCOCCN(C(C(=O)[O-])C(=O)[O-])CCOCCOCC1.[Ca+2].[Ca+2]. The smallest absolute Gasteiger partial charge is 0.548 e. The van der Waals surface area contributed by atoms with Gasteiger partial charge < -0.3 is 58.6 Å². The van der Waals surface area contributed by atoms with Crippen LogP contribution in [-0.2, 0) is 38.1 Å². The van der Waals surface area contributed by atoms with Gasteiger partial charge in [-0.15, -0.1) is 0 Å². The van der Waals surface area contributed by atoms with E-state index in [1.54, 1.807) is 0 Å². The van der Waals surface area contributed by atoms with E-state index < -0.39 is 36.0 Å². The fourth-order valence-electron chi connectivity index (χ4n) is 2.90. The average Bonchev–Trinajstić information content (AvgIpc) is 2.69. The number of carboxylic acids is 4. The van der Waals surface area contributed by atoms with Crippen molar-refractivity contribution in [2.75, 3.05) is 79.0 Å². The van der Waals surface area contributed by atoms with Crippen LogP contribution in [0, 0.1) is 0 Å². The van der Waals surface area contributed by atoms with Crippen molar-refractivity contribution in [1.29, 1.82) is 0 Å². The molecule has 0 aromatic heterocycles. The van der Waals surface area contributed by atoms with Crippen molar-refractivity contribution >= 4 is 99.4 Å². The first-order valence-electron chi connectivity index (χ1n) is 9.88. The Morgan fingerprint density at radius 2 is 0.676 bits per heavy atom. The molecule has 0 aromatic rings. The fraction of sp³-hybridized carbons (Fsp3) is 0.778. The molecule has 0 unspecified atom stereocenters. The molecule has 1 rings (SSSR count). The number of hydrogen-bond donors (Lipinski definition) is 0. The van der Waals surface area contributed by atoms with E-state index in [-0.39, 0.29) is 155 Å². The third-order valence-corrected chi connectivity index (χ3v) is 4.46. The molecule has 16 heteroatoms. The molecule has 0 saturated carbocycles. The number of carboxylic acid groups (broad SMARTS) is 4. The summed E-state index contributed by atoms with van der Waals surface area (Å²) in [6, 6.07) is -3.93. The number of carbonyl (C=O) groups excluding carboxylic acids is 4. The van der Waals surface area contributed by atoms with Crippen molar-refractivity contribution in [2.24, 2.45) is 0 Å². The van der Waals surface area contributed by atoms with Crippen molar-refractivity contribution in [2.45, 2.75) is 12.1 Å². The molecule has 0 spiro atoms. The second-order valence-electron chi connectivity index (χ2n) is 6.60. The minimum absolute atomic E-state index is 0. The normalized spacial score (nSPS) is 18.6. The van der Waals surface area contributed by atoms with Crippen LogP contribution in [0.15, 0.2) is 0 Å². The summed E-state index contributed by atoms with van der Waals surface area (Å²) in [7, 11) is 0. The van der Waals surface area contributed by atoms with E-state index in [0.717, 1.165) is 9.80 Å². The molecule has 1 heterocycles. The van der Waals surface area contributed by atoms with Gasteiger partial charge in [-0.05, 0) is 0 Å². The van der Waals surface area contributed by atoms with Crippen LogP contribution in [0.3, 0.4) is 0 Å². The van der Waals surface area contributed by atoms with Gasteiger partial charge in [0.15, 0.2) is 0 Å². The Kier molecular flexibility index (Phi) is 22.7. The predicted octanol–water partition coefficient (Wildman–Crippen LogP) is -8.35. The maximum Gasteiger partial charge on any atom is 2.00 e. The fourth-order valence-corrected chi connectivity index (χ4v) is 2.90. The first-order chi connectivity index (χ1) is 15.3. The molecule has 0 N–H and O–H groups in total. The number of hydrogen-bond acceptors (Lipinski definition) is 14. The Balaban J connectivity index is 0. The molecular weight excluding hydrogens is 516 g/mol. The zero-order valence-corrected chi connectivity index (χ0v) is 23.3. The third kappa shape index (κ3) is 14.7. The Morgan fingerprint density at radius 3 is 0.853 bits per heavy atom. The quantitative estimate of drug-likeness (QED) is 0.226. The van der Waals surface area contributed by atoms with Crippen molar-refractivity contribution in [3.8, 4) is 0 Å². The van der Waals surface area contributed by atoms with Crippen LogP contribution in [0.5, 0.6) is 0 Å². The Morgan fingerprint density at radius 1 is 0.471 bits per heavy atom. The van der Waals surface area contributed by atoms with Crippen molar-refractivity contribution in [1.82, 2.24) is 9.80 Å². The zero-order chi connectivity index (χ0) is 23.9. The van der Waals surface area contributed by atoms with Gasteiger partial charge in [-0.2, -0.15) is 0 Å². The molecule has 1 saturated heterocycles. The summed E-state index contributed by atoms with van der Waals surface area (Å²) in [4.78, 5) is 46.8. The number of carbonyl (C=O) groups is 4. The number of ether oxygens (including phenoxy) is 4. The molecule has 34 heavy (non-hydrogen) atoms. The molecule has 14 nitrogen and oxygen atoms in total. The second-order valence-corrected chi connectivity index (χ2v) is 6.60. The zero-order valence-electron chi connectivity index (χ0n) is 18.8. The third-order valence-electron chi connectivity index (χ3n) is 4.46. The van der Waals surface area contributed by atoms with E-state index in [2.05, 4.69) is 0 Å². The molecule has 0 aliphatic carbocycles. The number of rotatable bonds is 6. The van der Waals surface area contributed by atoms with Crippen LogP contribution in [0.1, 0.15) is 0 Å². The van der Waals surface area contributed by atoms with E-state index in [9.17, 15) is 39.6 Å². The molecule has 0 radical (unpaired) electrons. The van der Waals surface area contributed by atoms with Gasteiger partial charge in [0.05, 0.1) is 88.8 Å². The first-order valence-corrected chi connectivity index (χ1v) is 9.88. The van der Waals surface area contributed by atoms with Gasteiger partial charge in [0, 0.05) is 26.2 Å². The number of nitrogens with zero attached hydrogens (tertiary/aromatic N) is 2. The molecule has 0 amide bonds. The van der Waals surface area contributed by atoms with Crippen molar-refractivity contribution in [3.05, 3.63) is 0 Å². The van der Waals surface area contributed by atoms with Gasteiger partial charge in [-0.3, -0.25) is 9.80 Å². The standard InChI is InChI=1S/C18H30N2O12.2Ca/c21-15(22)13(16(23)24)19-1-5-29-9-10-31-7-3-20(14(17(25)26)18(27)28)4-8-32-12-11-30-6-2-19;;/h13-14H,1-12H2,(H,21,22)(H,23,24)(H,25,26)(H,27,28);;/q;2*+2/p-4. The van der Waals surface area contributed by atoms with Crippen molar-refractivity contribution < 1.29 is 58.6 Å². The molecule has 184 valence electrons. The van der Waals surface area contributed by atoms with Crippen LogP contribution in [-0.4, -0.2) is 200 Å². The minimum Gasteiger partial charge on any atom is -0.548 e. The summed E-state index contributed by atoms with van der Waals surface area (Å²) in [5.74, 6) is -7.24. The van der Waals surface area contributed by atoms with E-state index in [1.807, 2.05) is 0 Å². The second kappa shape index (κ2) is 21.3. The summed E-state index contributed by atoms with van der Waals surface area (Å²) in [6.45, 7) is -0.0340. The summed E-state index contributed by atoms with van der Waals surface area (Å²) in [6.07, 6.45) is 0. The van der Waals surface area contributed by atoms with Gasteiger partial charge in [0.25, 0.3) is 0 Å². The van der Waals surface area contributed by atoms with E-state index in [0.29, 0.717) is 0 Å². The monoisotopic (exact) mass is 542 g/mol. The van der Waals surface area contributed by atoms with Gasteiger partial charge in [0.1, 0.15) is 0 Å². The molecule has 0 bridgehead atoms. The number of aliphatic carboxylic acids is 4. The van der Waals surface area contributed by atoms with E-state index in [1.165, 1.54) is 0 Å². The van der Waals surface area contributed by atoms with Gasteiger partial charge in [0.2, 0.25) is 0 Å². The van der Waals surface area contributed by atoms with Crippen LogP contribution >= 0.6 is 0 Å². The van der Waals surface area contributed by atoms with Crippen LogP contribution in [0.4, 0.5) is 0 Å². The van der Waals surface area contributed by atoms with Gasteiger partial charge >= 0.3 is 75.5 Å². The largest absolute Gasteiger partial charge is 2.00 e. The maximum atomic E-state index is 11.1. The molecule has 1 fully saturated rings. The van der Waals surface area contributed by atoms with E-state index in [4.69, 9.17) is 18.9 Å². The molecular formula is C18H26Ca2N2O12. The Labute approximate surface area is 256 Å². The van der Waals surface area contributed by atoms with Gasteiger partial charge in [-0.25, -0.2) is 0 Å². The Hall–Kier alpha value is 0.159. The van der Waals surface area contributed by atoms with Crippen LogP contribution < -0.4 is 20.4 Å². The molecule has 1 aliphatic rings. The molecule has 0 atom stereocenters. The van der Waals surface area contributed by atoms with Crippen LogP contribution in [0.2, 0.25) is 0 Å². The first kappa shape index (κ1) is 36.3. The summed E-state index contributed by atoms with van der Waals surface area (Å²) < 4.78 is 21.2. The average molecular weight is 543 g/mol. The van der Waals surface area contributed by atoms with E-state index >= 15 is 0 Å². The summed E-state index contributed by atoms with van der Waals surface area (Å²) in [5.41, 5.74) is 0. The predicted molar refractivity (Wildman–Crippen MR) is 106 cm³/mol. The molecule has 1 aliphatic heterocycles. The summed E-state index contributed by atoms with van der Waals surface area (Å²) >= 11 is 0.